The second-order valence-electron chi connectivity index (χ2n) is 3.54. The van der Waals surface area contributed by atoms with Crippen LogP contribution in [0.2, 0.25) is 0 Å². The lowest BCUT2D eigenvalue weighted by Crippen LogP contribution is -2.12. The van der Waals surface area contributed by atoms with Crippen molar-refractivity contribution in [2.24, 2.45) is 0 Å². The van der Waals surface area contributed by atoms with E-state index in [0.717, 1.165) is 12.0 Å². The van der Waals surface area contributed by atoms with Crippen LogP contribution in [-0.4, -0.2) is 13.0 Å². The van der Waals surface area contributed by atoms with Gasteiger partial charge in [-0.1, -0.05) is 15.9 Å². The second kappa shape index (κ2) is 6.39. The SMILES string of the molecule is COc1ccc(Br)cc1NC(=O)c1cc(Br)sc1Br. The van der Waals surface area contributed by atoms with Gasteiger partial charge >= 0.3 is 0 Å². The largest absolute Gasteiger partial charge is 0.495 e. The van der Waals surface area contributed by atoms with Gasteiger partial charge in [-0.15, -0.1) is 11.3 Å². The van der Waals surface area contributed by atoms with E-state index in [-0.39, 0.29) is 5.91 Å². The number of carbonyl (C=O) groups is 1. The molecule has 0 aliphatic rings. The smallest absolute Gasteiger partial charge is 0.257 e. The standard InChI is InChI=1S/C12H8Br3NO2S/c1-18-9-3-2-6(13)4-8(9)16-12(17)7-5-10(14)19-11(7)15/h2-5H,1H3,(H,16,17). The fourth-order valence-corrected chi connectivity index (χ4v) is 4.62. The maximum atomic E-state index is 12.2. The molecule has 0 aliphatic carbocycles. The summed E-state index contributed by atoms with van der Waals surface area (Å²) in [5, 5.41) is 2.83. The number of ether oxygens (including phenoxy) is 1. The van der Waals surface area contributed by atoms with Crippen LogP contribution in [0.5, 0.6) is 5.75 Å². The van der Waals surface area contributed by atoms with E-state index in [4.69, 9.17) is 4.74 Å². The molecule has 1 heterocycles. The molecular formula is C12H8Br3NO2S. The van der Waals surface area contributed by atoms with E-state index in [9.17, 15) is 4.79 Å². The first-order valence-electron chi connectivity index (χ1n) is 5.11. The third kappa shape index (κ3) is 3.59. The Kier molecular flexibility index (Phi) is 5.05. The molecule has 0 unspecified atom stereocenters. The van der Waals surface area contributed by atoms with Gasteiger partial charge in [0, 0.05) is 4.47 Å². The first kappa shape index (κ1) is 15.0. The molecule has 1 amide bonds. The van der Waals surface area contributed by atoms with Crippen molar-refractivity contribution in [3.05, 3.63) is 41.9 Å². The van der Waals surface area contributed by atoms with Crippen molar-refractivity contribution in [3.8, 4) is 5.75 Å². The zero-order valence-electron chi connectivity index (χ0n) is 9.67. The zero-order chi connectivity index (χ0) is 14.0. The summed E-state index contributed by atoms with van der Waals surface area (Å²) in [7, 11) is 1.57. The van der Waals surface area contributed by atoms with E-state index in [2.05, 4.69) is 53.1 Å². The summed E-state index contributed by atoms with van der Waals surface area (Å²) in [4.78, 5) is 12.2. The number of hydrogen-bond acceptors (Lipinski definition) is 3. The predicted molar refractivity (Wildman–Crippen MR) is 88.4 cm³/mol. The van der Waals surface area contributed by atoms with Crippen molar-refractivity contribution >= 4 is 70.7 Å². The van der Waals surface area contributed by atoms with E-state index in [1.165, 1.54) is 11.3 Å². The van der Waals surface area contributed by atoms with Gasteiger partial charge in [0.15, 0.2) is 0 Å². The van der Waals surface area contributed by atoms with Crippen molar-refractivity contribution in [2.45, 2.75) is 0 Å². The van der Waals surface area contributed by atoms with Gasteiger partial charge in [0.2, 0.25) is 0 Å². The molecule has 2 aromatic rings. The Balaban J connectivity index is 2.28. The van der Waals surface area contributed by atoms with Gasteiger partial charge in [-0.2, -0.15) is 0 Å². The third-order valence-electron chi connectivity index (χ3n) is 2.31. The maximum absolute atomic E-state index is 12.2. The van der Waals surface area contributed by atoms with Crippen LogP contribution < -0.4 is 10.1 Å². The van der Waals surface area contributed by atoms with Gasteiger partial charge in [-0.05, 0) is 56.1 Å². The molecule has 1 N–H and O–H groups in total. The number of anilines is 1. The highest BCUT2D eigenvalue weighted by Gasteiger charge is 2.15. The number of amides is 1. The number of methoxy groups -OCH3 is 1. The average molecular weight is 470 g/mol. The third-order valence-corrected chi connectivity index (χ3v) is 5.14. The quantitative estimate of drug-likeness (QED) is 0.662. The summed E-state index contributed by atoms with van der Waals surface area (Å²) in [5.74, 6) is 0.423. The number of benzene rings is 1. The number of halogens is 3. The predicted octanol–water partition coefficient (Wildman–Crippen LogP) is 5.30. The fraction of sp³-hybridized carbons (Fsp3) is 0.0833. The van der Waals surface area contributed by atoms with Crippen LogP contribution in [0.4, 0.5) is 5.69 Å². The van der Waals surface area contributed by atoms with Gasteiger partial charge in [-0.3, -0.25) is 4.79 Å². The number of carbonyl (C=O) groups excluding carboxylic acids is 1. The van der Waals surface area contributed by atoms with Crippen molar-refractivity contribution in [1.29, 1.82) is 0 Å². The van der Waals surface area contributed by atoms with E-state index < -0.39 is 0 Å². The molecule has 0 aliphatic heterocycles. The molecule has 2 rings (SSSR count). The number of hydrogen-bond donors (Lipinski definition) is 1. The molecule has 0 atom stereocenters. The summed E-state index contributed by atoms with van der Waals surface area (Å²) in [6.07, 6.45) is 0. The summed E-state index contributed by atoms with van der Waals surface area (Å²) in [6.45, 7) is 0. The van der Waals surface area contributed by atoms with Crippen LogP contribution >= 0.6 is 59.1 Å². The molecule has 19 heavy (non-hydrogen) atoms. The molecular weight excluding hydrogens is 462 g/mol. The molecule has 3 nitrogen and oxygen atoms in total. The van der Waals surface area contributed by atoms with Crippen LogP contribution in [0, 0.1) is 0 Å². The zero-order valence-corrected chi connectivity index (χ0v) is 15.2. The van der Waals surface area contributed by atoms with Crippen LogP contribution in [0.25, 0.3) is 0 Å². The molecule has 0 radical (unpaired) electrons. The van der Waals surface area contributed by atoms with Crippen molar-refractivity contribution < 1.29 is 9.53 Å². The van der Waals surface area contributed by atoms with Gasteiger partial charge in [0.1, 0.15) is 5.75 Å². The monoisotopic (exact) mass is 467 g/mol. The molecule has 0 fully saturated rings. The lowest BCUT2D eigenvalue weighted by molar-refractivity contribution is 0.102. The number of nitrogens with one attached hydrogen (secondary N) is 1. The van der Waals surface area contributed by atoms with Crippen molar-refractivity contribution in [2.75, 3.05) is 12.4 Å². The summed E-state index contributed by atoms with van der Waals surface area (Å²) >= 11 is 11.5. The molecule has 100 valence electrons. The minimum absolute atomic E-state index is 0.190. The van der Waals surface area contributed by atoms with Crippen LogP contribution in [0.1, 0.15) is 10.4 Å². The first-order valence-corrected chi connectivity index (χ1v) is 8.30. The number of thiophene rings is 1. The van der Waals surface area contributed by atoms with E-state index in [0.29, 0.717) is 17.0 Å². The lowest BCUT2D eigenvalue weighted by atomic mass is 10.2. The Hall–Kier alpha value is -0.370. The molecule has 1 aromatic carbocycles. The molecule has 7 heteroatoms. The number of rotatable bonds is 3. The van der Waals surface area contributed by atoms with Crippen molar-refractivity contribution in [1.82, 2.24) is 0 Å². The van der Waals surface area contributed by atoms with E-state index in [1.54, 1.807) is 25.3 Å². The molecule has 0 saturated carbocycles. The minimum atomic E-state index is -0.190. The minimum Gasteiger partial charge on any atom is -0.495 e. The van der Waals surface area contributed by atoms with Crippen LogP contribution in [0.15, 0.2) is 36.3 Å². The molecule has 0 bridgehead atoms. The first-order chi connectivity index (χ1) is 9.01. The highest BCUT2D eigenvalue weighted by atomic mass is 79.9. The fourth-order valence-electron chi connectivity index (χ4n) is 1.46. The van der Waals surface area contributed by atoms with Crippen LogP contribution in [0.3, 0.4) is 0 Å². The Labute approximate surface area is 139 Å². The average Bonchev–Trinajstić information content (AvgIpc) is 2.69. The van der Waals surface area contributed by atoms with Crippen LogP contribution in [-0.2, 0) is 0 Å². The molecule has 0 spiro atoms. The van der Waals surface area contributed by atoms with Gasteiger partial charge in [0.05, 0.1) is 25.9 Å². The lowest BCUT2D eigenvalue weighted by Gasteiger charge is -2.10. The van der Waals surface area contributed by atoms with Gasteiger partial charge in [-0.25, -0.2) is 0 Å². The Morgan fingerprint density at radius 3 is 2.58 bits per heavy atom. The topological polar surface area (TPSA) is 38.3 Å². The Bertz CT molecular complexity index is 627. The highest BCUT2D eigenvalue weighted by Crippen LogP contribution is 2.33. The van der Waals surface area contributed by atoms with Gasteiger partial charge in [0.25, 0.3) is 5.91 Å². The van der Waals surface area contributed by atoms with E-state index in [1.807, 2.05) is 6.07 Å². The normalized spacial score (nSPS) is 10.3. The summed E-state index contributed by atoms with van der Waals surface area (Å²) in [6, 6.07) is 7.21. The second-order valence-corrected chi connectivity index (χ2v) is 8.20. The summed E-state index contributed by atoms with van der Waals surface area (Å²) in [5.41, 5.74) is 1.20. The Morgan fingerprint density at radius 2 is 2.00 bits per heavy atom. The highest BCUT2D eigenvalue weighted by molar-refractivity contribution is 9.12. The maximum Gasteiger partial charge on any atom is 0.257 e. The molecule has 1 aromatic heterocycles. The summed E-state index contributed by atoms with van der Waals surface area (Å²) < 4.78 is 7.77. The molecule has 0 saturated heterocycles. The Morgan fingerprint density at radius 1 is 1.26 bits per heavy atom. The van der Waals surface area contributed by atoms with Gasteiger partial charge < -0.3 is 10.1 Å². The van der Waals surface area contributed by atoms with E-state index >= 15 is 0 Å². The van der Waals surface area contributed by atoms with Crippen molar-refractivity contribution in [3.63, 3.8) is 0 Å².